The first kappa shape index (κ1) is 39.2. The Bertz CT molecular complexity index is 4260. The molecule has 0 amide bonds. The lowest BCUT2D eigenvalue weighted by Gasteiger charge is -2.11. The zero-order valence-corrected chi connectivity index (χ0v) is 37.7. The first-order valence-corrected chi connectivity index (χ1v) is 23.9. The van der Waals surface area contributed by atoms with Crippen LogP contribution in [0.25, 0.3) is 143 Å². The molecule has 0 saturated heterocycles. The second-order valence-electron chi connectivity index (χ2n) is 17.5. The van der Waals surface area contributed by atoms with Crippen molar-refractivity contribution < 1.29 is 8.83 Å². The maximum absolute atomic E-state index is 7.01. The van der Waals surface area contributed by atoms with E-state index in [2.05, 4.69) is 152 Å². The maximum Gasteiger partial charge on any atom is 0.164 e. The summed E-state index contributed by atoms with van der Waals surface area (Å²) in [4.78, 5) is 15.1. The average Bonchev–Trinajstić information content (AvgIpc) is 4.12. The van der Waals surface area contributed by atoms with Crippen LogP contribution in [0.5, 0.6) is 0 Å². The second-order valence-corrected chi connectivity index (χ2v) is 18.5. The zero-order valence-electron chi connectivity index (χ0n) is 36.9. The Kier molecular flexibility index (Phi) is 9.00. The van der Waals surface area contributed by atoms with Crippen LogP contribution >= 0.6 is 11.3 Å². The third-order valence-electron chi connectivity index (χ3n) is 13.3. The monoisotopic (exact) mass is 899 g/mol. The van der Waals surface area contributed by atoms with Crippen LogP contribution in [0.4, 0.5) is 0 Å². The summed E-state index contributed by atoms with van der Waals surface area (Å²) in [5, 5.41) is 6.83. The molecule has 4 heterocycles. The van der Waals surface area contributed by atoms with Gasteiger partial charge in [-0.25, -0.2) is 15.0 Å². The molecule has 4 aromatic heterocycles. The summed E-state index contributed by atoms with van der Waals surface area (Å²) in [7, 11) is 0. The molecule has 69 heavy (non-hydrogen) atoms. The van der Waals surface area contributed by atoms with Crippen molar-refractivity contribution >= 4 is 75.4 Å². The normalized spacial score (nSPS) is 11.8. The molecule has 0 aliphatic heterocycles. The van der Waals surface area contributed by atoms with E-state index in [1.54, 1.807) is 0 Å². The van der Waals surface area contributed by atoms with Gasteiger partial charge in [-0.05, 0) is 93.5 Å². The van der Waals surface area contributed by atoms with Gasteiger partial charge in [0.1, 0.15) is 22.3 Å². The van der Waals surface area contributed by atoms with Gasteiger partial charge in [0, 0.05) is 64.0 Å². The minimum Gasteiger partial charge on any atom is -0.456 e. The van der Waals surface area contributed by atoms with Gasteiger partial charge in [0.05, 0.1) is 0 Å². The number of hydrogen-bond donors (Lipinski definition) is 0. The van der Waals surface area contributed by atoms with Crippen LogP contribution < -0.4 is 0 Å². The van der Waals surface area contributed by atoms with Gasteiger partial charge >= 0.3 is 0 Å². The number of hydrogen-bond acceptors (Lipinski definition) is 6. The fourth-order valence-corrected chi connectivity index (χ4v) is 11.3. The van der Waals surface area contributed by atoms with Gasteiger partial charge < -0.3 is 8.83 Å². The summed E-state index contributed by atoms with van der Waals surface area (Å²) in [5.74, 6) is 1.85. The van der Waals surface area contributed by atoms with Gasteiger partial charge in [-0.1, -0.05) is 170 Å². The molecule has 322 valence electrons. The van der Waals surface area contributed by atoms with Crippen molar-refractivity contribution in [2.45, 2.75) is 0 Å². The fourth-order valence-electron chi connectivity index (χ4n) is 10.0. The molecule has 0 bridgehead atoms. The average molecular weight is 900 g/mol. The van der Waals surface area contributed by atoms with Crippen LogP contribution in [0.2, 0.25) is 0 Å². The van der Waals surface area contributed by atoms with E-state index >= 15 is 0 Å². The van der Waals surface area contributed by atoms with Crippen molar-refractivity contribution in [3.63, 3.8) is 0 Å². The Labute approximate surface area is 400 Å². The Morgan fingerprint density at radius 1 is 0.290 bits per heavy atom. The molecular weight excluding hydrogens is 863 g/mol. The van der Waals surface area contributed by atoms with Crippen molar-refractivity contribution in [2.75, 3.05) is 0 Å². The van der Waals surface area contributed by atoms with Crippen LogP contribution in [0.3, 0.4) is 0 Å². The molecule has 5 nitrogen and oxygen atoms in total. The molecule has 0 radical (unpaired) electrons. The van der Waals surface area contributed by atoms with Crippen LogP contribution in [-0.2, 0) is 0 Å². The van der Waals surface area contributed by atoms with Crippen LogP contribution in [-0.4, -0.2) is 15.0 Å². The SMILES string of the molecule is c1ccc(-c2nc(-c3ccccc3)nc(-c3cccc(-c4cccc5oc6c(-c7ccc8c(c7)oc7ccccc78)cc(-c7cccc(-c8cccc9c8sc8ccccc89)c7)cc6c45)c3)n2)cc1. The van der Waals surface area contributed by atoms with Crippen molar-refractivity contribution in [1.82, 2.24) is 15.0 Å². The Morgan fingerprint density at radius 2 is 0.841 bits per heavy atom. The fraction of sp³-hybridized carbons (Fsp3) is 0. The number of nitrogens with zero attached hydrogens (tertiary/aromatic N) is 3. The van der Waals surface area contributed by atoms with Crippen LogP contribution in [0, 0.1) is 0 Å². The molecule has 0 aliphatic carbocycles. The summed E-state index contributed by atoms with van der Waals surface area (Å²) in [6, 6.07) is 78.7. The third kappa shape index (κ3) is 6.64. The predicted molar refractivity (Wildman–Crippen MR) is 285 cm³/mol. The predicted octanol–water partition coefficient (Wildman–Crippen LogP) is 17.7. The van der Waals surface area contributed by atoms with Crippen molar-refractivity contribution in [2.24, 2.45) is 0 Å². The number of para-hydroxylation sites is 1. The van der Waals surface area contributed by atoms with E-state index in [9.17, 15) is 0 Å². The highest BCUT2D eigenvalue weighted by Gasteiger charge is 2.21. The Balaban J connectivity index is 0.965. The van der Waals surface area contributed by atoms with E-state index in [0.29, 0.717) is 17.5 Å². The van der Waals surface area contributed by atoms with Gasteiger partial charge in [0.25, 0.3) is 0 Å². The van der Waals surface area contributed by atoms with E-state index in [-0.39, 0.29) is 0 Å². The Morgan fingerprint density at radius 3 is 1.64 bits per heavy atom. The third-order valence-corrected chi connectivity index (χ3v) is 14.5. The van der Waals surface area contributed by atoms with Crippen LogP contribution in [0.15, 0.2) is 233 Å². The molecule has 0 unspecified atom stereocenters. The molecule has 0 atom stereocenters. The molecule has 14 rings (SSSR count). The first-order chi connectivity index (χ1) is 34.2. The number of furan rings is 2. The standard InChI is InChI=1S/C63H37N3O2S/c1-3-15-38(16-4-1)61-64-62(39-17-5-2-6-18-39)66-63(65-61)44-22-12-20-41(34-44)46-25-14-29-55-58(46)53-36-45(35-52(59(53)68-55)43-31-32-49-48-23-7-9-28-54(48)67-56(49)37-43)40-19-11-21-42(33-40)47-26-13-27-51-50-24-8-10-30-57(50)69-60(47)51/h1-37H. The molecule has 14 aromatic rings. The number of thiophene rings is 1. The topological polar surface area (TPSA) is 65.0 Å². The van der Waals surface area contributed by atoms with Crippen molar-refractivity contribution in [3.05, 3.63) is 224 Å². The molecule has 0 spiro atoms. The van der Waals surface area contributed by atoms with Gasteiger partial charge in [0.15, 0.2) is 17.5 Å². The lowest BCUT2D eigenvalue weighted by Crippen LogP contribution is -2.00. The summed E-state index contributed by atoms with van der Waals surface area (Å²) >= 11 is 1.86. The van der Waals surface area contributed by atoms with Gasteiger partial charge in [0.2, 0.25) is 0 Å². The van der Waals surface area contributed by atoms with E-state index in [1.165, 1.54) is 31.3 Å². The highest BCUT2D eigenvalue weighted by atomic mass is 32.1. The zero-order chi connectivity index (χ0) is 45.4. The van der Waals surface area contributed by atoms with Gasteiger partial charge in [-0.15, -0.1) is 11.3 Å². The highest BCUT2D eigenvalue weighted by molar-refractivity contribution is 7.26. The highest BCUT2D eigenvalue weighted by Crippen LogP contribution is 2.46. The molecule has 0 fully saturated rings. The summed E-state index contributed by atoms with van der Waals surface area (Å²) in [5.41, 5.74) is 14.8. The first-order valence-electron chi connectivity index (χ1n) is 23.1. The van der Waals surface area contributed by atoms with Crippen molar-refractivity contribution in [3.8, 4) is 78.7 Å². The Hall–Kier alpha value is -8.97. The molecule has 0 aliphatic rings. The van der Waals surface area contributed by atoms with Crippen molar-refractivity contribution in [1.29, 1.82) is 0 Å². The smallest absolute Gasteiger partial charge is 0.164 e. The molecule has 0 saturated carbocycles. The van der Waals surface area contributed by atoms with E-state index in [1.807, 2.05) is 84.1 Å². The second kappa shape index (κ2) is 15.8. The van der Waals surface area contributed by atoms with Crippen LogP contribution in [0.1, 0.15) is 0 Å². The summed E-state index contributed by atoms with van der Waals surface area (Å²) in [6.07, 6.45) is 0. The minimum atomic E-state index is 0.602. The summed E-state index contributed by atoms with van der Waals surface area (Å²) in [6.45, 7) is 0. The molecule has 0 N–H and O–H groups in total. The molecule has 10 aromatic carbocycles. The summed E-state index contributed by atoms with van der Waals surface area (Å²) < 4.78 is 16.1. The maximum atomic E-state index is 7.01. The van der Waals surface area contributed by atoms with Gasteiger partial charge in [-0.3, -0.25) is 0 Å². The minimum absolute atomic E-state index is 0.602. The lowest BCUT2D eigenvalue weighted by molar-refractivity contribution is 0.668. The van der Waals surface area contributed by atoms with E-state index in [4.69, 9.17) is 23.8 Å². The van der Waals surface area contributed by atoms with E-state index in [0.717, 1.165) is 93.9 Å². The van der Waals surface area contributed by atoms with Gasteiger partial charge in [-0.2, -0.15) is 0 Å². The largest absolute Gasteiger partial charge is 0.456 e. The lowest BCUT2D eigenvalue weighted by atomic mass is 9.92. The molecule has 6 heteroatoms. The number of fused-ring (bicyclic) bond motifs is 9. The number of benzene rings is 10. The van der Waals surface area contributed by atoms with E-state index < -0.39 is 0 Å². The number of rotatable bonds is 7. The number of aromatic nitrogens is 3. The molecular formula is C63H37N3O2S. The quantitative estimate of drug-likeness (QED) is 0.159.